The van der Waals surface area contributed by atoms with E-state index in [-0.39, 0.29) is 12.0 Å². The number of amides is 1. The van der Waals surface area contributed by atoms with Gasteiger partial charge in [0.2, 0.25) is 5.91 Å². The molecule has 1 aliphatic carbocycles. The van der Waals surface area contributed by atoms with E-state index in [9.17, 15) is 4.79 Å². The Morgan fingerprint density at radius 3 is 2.76 bits per heavy atom. The zero-order chi connectivity index (χ0) is 12.3. The van der Waals surface area contributed by atoms with Gasteiger partial charge in [-0.25, -0.2) is 0 Å². The molecule has 98 valence electrons. The van der Waals surface area contributed by atoms with E-state index in [1.165, 1.54) is 25.7 Å². The normalized spacial score (nSPS) is 38.0. The number of carbonyl (C=O) groups is 1. The van der Waals surface area contributed by atoms with Gasteiger partial charge in [0.25, 0.3) is 0 Å². The molecule has 4 atom stereocenters. The average molecular weight is 304 g/mol. The Bertz CT molecular complexity index is 272. The van der Waals surface area contributed by atoms with Crippen molar-refractivity contribution in [3.63, 3.8) is 0 Å². The molecule has 1 saturated heterocycles. The number of hydrogen-bond acceptors (Lipinski definition) is 2. The van der Waals surface area contributed by atoms with Crippen LogP contribution in [0.4, 0.5) is 0 Å². The highest BCUT2D eigenvalue weighted by Gasteiger charge is 2.31. The summed E-state index contributed by atoms with van der Waals surface area (Å²) in [5.41, 5.74) is 0. The molecule has 2 fully saturated rings. The number of rotatable bonds is 3. The lowest BCUT2D eigenvalue weighted by atomic mass is 9.89. The first kappa shape index (κ1) is 13.3. The molecule has 0 radical (unpaired) electrons. The molecule has 2 aliphatic rings. The summed E-state index contributed by atoms with van der Waals surface area (Å²) < 4.78 is 5.47. The zero-order valence-corrected chi connectivity index (χ0v) is 12.0. The van der Waals surface area contributed by atoms with Gasteiger partial charge in [-0.15, -0.1) is 0 Å². The minimum Gasteiger partial charge on any atom is -0.368 e. The molecule has 1 N–H and O–H groups in total. The molecule has 0 aromatic carbocycles. The van der Waals surface area contributed by atoms with Crippen LogP contribution in [-0.4, -0.2) is 30.0 Å². The Morgan fingerprint density at radius 1 is 1.35 bits per heavy atom. The second kappa shape index (κ2) is 6.19. The lowest BCUT2D eigenvalue weighted by Crippen LogP contribution is -2.41. The van der Waals surface area contributed by atoms with Crippen molar-refractivity contribution in [2.75, 3.05) is 13.2 Å². The first-order chi connectivity index (χ1) is 8.18. The van der Waals surface area contributed by atoms with Gasteiger partial charge in [-0.1, -0.05) is 35.7 Å². The van der Waals surface area contributed by atoms with Crippen LogP contribution >= 0.6 is 15.9 Å². The van der Waals surface area contributed by atoms with E-state index >= 15 is 0 Å². The van der Waals surface area contributed by atoms with Crippen LogP contribution in [0.2, 0.25) is 0 Å². The van der Waals surface area contributed by atoms with Gasteiger partial charge in [0, 0.05) is 18.0 Å². The third-order valence-corrected chi connectivity index (χ3v) is 5.21. The molecular formula is C13H22BrNO2. The summed E-state index contributed by atoms with van der Waals surface area (Å²) in [7, 11) is 0. The predicted molar refractivity (Wildman–Crippen MR) is 71.2 cm³/mol. The van der Waals surface area contributed by atoms with Crippen molar-refractivity contribution >= 4 is 21.8 Å². The highest BCUT2D eigenvalue weighted by molar-refractivity contribution is 9.09. The molecule has 1 amide bonds. The van der Waals surface area contributed by atoms with Gasteiger partial charge in [-0.3, -0.25) is 4.79 Å². The van der Waals surface area contributed by atoms with Crippen LogP contribution in [0.1, 0.15) is 39.0 Å². The summed E-state index contributed by atoms with van der Waals surface area (Å²) >= 11 is 3.72. The van der Waals surface area contributed by atoms with Gasteiger partial charge in [0.15, 0.2) is 0 Å². The quantitative estimate of drug-likeness (QED) is 0.814. The Balaban J connectivity index is 1.75. The summed E-state index contributed by atoms with van der Waals surface area (Å²) in [6.07, 6.45) is 5.84. The molecule has 2 rings (SSSR count). The van der Waals surface area contributed by atoms with Crippen LogP contribution < -0.4 is 5.32 Å². The SMILES string of the molecule is CC1CCOC1C(=O)NCC1CCCCC1Br. The fraction of sp³-hybridized carbons (Fsp3) is 0.923. The van der Waals surface area contributed by atoms with E-state index in [2.05, 4.69) is 28.2 Å². The van der Waals surface area contributed by atoms with Crippen LogP contribution in [0.15, 0.2) is 0 Å². The first-order valence-corrected chi connectivity index (χ1v) is 7.63. The van der Waals surface area contributed by atoms with Gasteiger partial charge in [-0.2, -0.15) is 0 Å². The van der Waals surface area contributed by atoms with Crippen LogP contribution in [-0.2, 0) is 9.53 Å². The van der Waals surface area contributed by atoms with Crippen LogP contribution in [0, 0.1) is 11.8 Å². The number of halogens is 1. The maximum Gasteiger partial charge on any atom is 0.249 e. The van der Waals surface area contributed by atoms with Gasteiger partial charge in [-0.05, 0) is 31.1 Å². The van der Waals surface area contributed by atoms with Crippen molar-refractivity contribution in [3.8, 4) is 0 Å². The molecule has 0 aromatic heterocycles. The van der Waals surface area contributed by atoms with Gasteiger partial charge in [0.1, 0.15) is 6.10 Å². The summed E-state index contributed by atoms with van der Waals surface area (Å²) in [5.74, 6) is 1.03. The molecule has 1 saturated carbocycles. The molecule has 1 aliphatic heterocycles. The zero-order valence-electron chi connectivity index (χ0n) is 10.5. The van der Waals surface area contributed by atoms with E-state index < -0.39 is 0 Å². The maximum absolute atomic E-state index is 12.0. The van der Waals surface area contributed by atoms with Crippen molar-refractivity contribution in [2.24, 2.45) is 11.8 Å². The molecule has 4 unspecified atom stereocenters. The number of alkyl halides is 1. The van der Waals surface area contributed by atoms with Crippen molar-refractivity contribution in [1.82, 2.24) is 5.32 Å². The second-order valence-corrected chi connectivity index (χ2v) is 6.54. The van der Waals surface area contributed by atoms with E-state index in [0.29, 0.717) is 16.7 Å². The predicted octanol–water partition coefficient (Wildman–Crippen LogP) is 2.48. The highest BCUT2D eigenvalue weighted by Crippen LogP contribution is 2.29. The maximum atomic E-state index is 12.0. The standard InChI is InChI=1S/C13H22BrNO2/c1-9-6-7-17-12(9)13(16)15-8-10-4-2-3-5-11(10)14/h9-12H,2-8H2,1H3,(H,15,16). The van der Waals surface area contributed by atoms with Crippen molar-refractivity contribution in [1.29, 1.82) is 0 Å². The molecule has 1 heterocycles. The molecule has 0 bridgehead atoms. The summed E-state index contributed by atoms with van der Waals surface area (Å²) in [5, 5.41) is 3.06. The highest BCUT2D eigenvalue weighted by atomic mass is 79.9. The topological polar surface area (TPSA) is 38.3 Å². The minimum absolute atomic E-state index is 0.0836. The Kier molecular flexibility index (Phi) is 4.86. The number of carbonyl (C=O) groups excluding carboxylic acids is 1. The largest absolute Gasteiger partial charge is 0.368 e. The molecular weight excluding hydrogens is 282 g/mol. The lowest BCUT2D eigenvalue weighted by Gasteiger charge is -2.28. The molecule has 0 spiro atoms. The van der Waals surface area contributed by atoms with Crippen molar-refractivity contribution in [3.05, 3.63) is 0 Å². The fourth-order valence-electron chi connectivity index (χ4n) is 2.76. The number of ether oxygens (including phenoxy) is 1. The van der Waals surface area contributed by atoms with Gasteiger partial charge >= 0.3 is 0 Å². The first-order valence-electron chi connectivity index (χ1n) is 6.72. The van der Waals surface area contributed by atoms with Crippen LogP contribution in [0.3, 0.4) is 0 Å². The fourth-order valence-corrected chi connectivity index (χ4v) is 3.53. The monoisotopic (exact) mass is 303 g/mol. The Labute approximate surface area is 112 Å². The van der Waals surface area contributed by atoms with Crippen molar-refractivity contribution in [2.45, 2.75) is 50.0 Å². The summed E-state index contributed by atoms with van der Waals surface area (Å²) in [6, 6.07) is 0. The van der Waals surface area contributed by atoms with Crippen molar-refractivity contribution < 1.29 is 9.53 Å². The number of nitrogens with one attached hydrogen (secondary N) is 1. The lowest BCUT2D eigenvalue weighted by molar-refractivity contribution is -0.131. The van der Waals surface area contributed by atoms with E-state index in [0.717, 1.165) is 19.6 Å². The average Bonchev–Trinajstić information content (AvgIpc) is 2.74. The third-order valence-electron chi connectivity index (χ3n) is 4.00. The van der Waals surface area contributed by atoms with E-state index in [1.807, 2.05) is 0 Å². The summed E-state index contributed by atoms with van der Waals surface area (Å²) in [6.45, 7) is 3.61. The molecule has 17 heavy (non-hydrogen) atoms. The molecule has 4 heteroatoms. The molecule has 0 aromatic rings. The smallest absolute Gasteiger partial charge is 0.249 e. The van der Waals surface area contributed by atoms with Gasteiger partial charge < -0.3 is 10.1 Å². The summed E-state index contributed by atoms with van der Waals surface area (Å²) in [4.78, 5) is 12.5. The van der Waals surface area contributed by atoms with Crippen LogP contribution in [0.5, 0.6) is 0 Å². The minimum atomic E-state index is -0.215. The molecule has 3 nitrogen and oxygen atoms in total. The van der Waals surface area contributed by atoms with Gasteiger partial charge in [0.05, 0.1) is 0 Å². The van der Waals surface area contributed by atoms with E-state index in [1.54, 1.807) is 0 Å². The van der Waals surface area contributed by atoms with E-state index in [4.69, 9.17) is 4.74 Å². The Hall–Kier alpha value is -0.0900. The van der Waals surface area contributed by atoms with Crippen LogP contribution in [0.25, 0.3) is 0 Å². The number of hydrogen-bond donors (Lipinski definition) is 1. The Morgan fingerprint density at radius 2 is 2.12 bits per heavy atom. The third kappa shape index (κ3) is 3.44. The second-order valence-electron chi connectivity index (χ2n) is 5.36.